The molecule has 1 unspecified atom stereocenters. The minimum absolute atomic E-state index is 0.0763. The van der Waals surface area contributed by atoms with Crippen LogP contribution in [0.25, 0.3) is 0 Å². The van der Waals surface area contributed by atoms with Crippen molar-refractivity contribution in [3.63, 3.8) is 0 Å². The Morgan fingerprint density at radius 2 is 2.04 bits per heavy atom. The largest absolute Gasteiger partial charge is 0.369 e. The van der Waals surface area contributed by atoms with Gasteiger partial charge < -0.3 is 10.6 Å². The average molecular weight is 415 g/mol. The number of hydrogen-bond donors (Lipinski definition) is 1. The number of nitrogens with two attached hydrogens (primary N) is 1. The summed E-state index contributed by atoms with van der Waals surface area (Å²) in [5, 5.41) is 0.574. The Morgan fingerprint density at radius 1 is 1.33 bits per heavy atom. The van der Waals surface area contributed by atoms with Crippen molar-refractivity contribution in [1.29, 1.82) is 0 Å². The molecule has 1 aliphatic heterocycles. The summed E-state index contributed by atoms with van der Waals surface area (Å²) < 4.78 is 26.3. The van der Waals surface area contributed by atoms with Crippen LogP contribution in [-0.2, 0) is 19.6 Å². The van der Waals surface area contributed by atoms with Crippen molar-refractivity contribution in [1.82, 2.24) is 14.2 Å². The number of rotatable bonds is 8. The van der Waals surface area contributed by atoms with Crippen LogP contribution >= 0.6 is 11.8 Å². The summed E-state index contributed by atoms with van der Waals surface area (Å²) in [6.45, 7) is 5.35. The second-order valence-corrected chi connectivity index (χ2v) is 9.22. The fourth-order valence-electron chi connectivity index (χ4n) is 2.98. The second-order valence-electron chi connectivity index (χ2n) is 6.29. The molecule has 1 aromatic rings. The van der Waals surface area contributed by atoms with E-state index in [0.717, 1.165) is 12.8 Å². The van der Waals surface area contributed by atoms with Crippen molar-refractivity contribution < 1.29 is 18.0 Å². The number of piperidine rings is 1. The lowest BCUT2D eigenvalue weighted by atomic mass is 9.97. The highest BCUT2D eigenvalue weighted by molar-refractivity contribution is 7.99. The van der Waals surface area contributed by atoms with Crippen LogP contribution < -0.4 is 5.73 Å². The minimum atomic E-state index is -3.54. The Kier molecular flexibility index (Phi) is 7.63. The summed E-state index contributed by atoms with van der Waals surface area (Å²) in [7, 11) is -3.54. The normalized spacial score (nSPS) is 17.9. The van der Waals surface area contributed by atoms with E-state index >= 15 is 0 Å². The fourth-order valence-corrected chi connectivity index (χ4v) is 5.13. The Labute approximate surface area is 164 Å². The van der Waals surface area contributed by atoms with Gasteiger partial charge in [0.15, 0.2) is 0 Å². The number of likely N-dealkylation sites (tertiary alicyclic amines) is 1. The number of carbonyl (C=O) groups excluding carboxylic acids is 2. The monoisotopic (exact) mass is 414 g/mol. The highest BCUT2D eigenvalue weighted by atomic mass is 32.2. The maximum Gasteiger partial charge on any atom is 0.244 e. The molecule has 0 bridgehead atoms. The summed E-state index contributed by atoms with van der Waals surface area (Å²) in [6.07, 6.45) is 2.81. The van der Waals surface area contributed by atoms with Gasteiger partial charge in [-0.25, -0.2) is 13.4 Å². The molecule has 2 N–H and O–H groups in total. The van der Waals surface area contributed by atoms with Crippen LogP contribution in [0.1, 0.15) is 26.7 Å². The molecule has 2 amide bonds. The number of thioether (sulfide) groups is 1. The van der Waals surface area contributed by atoms with Crippen molar-refractivity contribution in [2.45, 2.75) is 36.6 Å². The Hall–Kier alpha value is -1.65. The molecule has 0 saturated carbocycles. The molecular weight excluding hydrogens is 388 g/mol. The second kappa shape index (κ2) is 9.52. The van der Waals surface area contributed by atoms with E-state index in [9.17, 15) is 18.0 Å². The predicted molar refractivity (Wildman–Crippen MR) is 104 cm³/mol. The number of hydrogen-bond acceptors (Lipinski definition) is 6. The van der Waals surface area contributed by atoms with Gasteiger partial charge in [-0.05, 0) is 25.0 Å². The highest BCUT2D eigenvalue weighted by Gasteiger charge is 2.27. The van der Waals surface area contributed by atoms with Crippen molar-refractivity contribution >= 4 is 33.6 Å². The fraction of sp³-hybridized carbons (Fsp3) is 0.588. The molecule has 150 valence electrons. The summed E-state index contributed by atoms with van der Waals surface area (Å²) in [6, 6.07) is 3.12. The number of amides is 2. The first-order valence-electron chi connectivity index (χ1n) is 8.95. The standard InChI is InChI=1S/C17H26N4O4S2/c1-3-21(4-2)27(24,25)14-7-8-15(19-10-14)26-12-16(22)20-9-5-6-13(11-20)17(18)23/h7-8,10,13H,3-6,9,11-12H2,1-2H3,(H2,18,23). The van der Waals surface area contributed by atoms with E-state index in [1.165, 1.54) is 28.3 Å². The molecule has 2 rings (SSSR count). The van der Waals surface area contributed by atoms with Gasteiger partial charge in [0.2, 0.25) is 21.8 Å². The quantitative estimate of drug-likeness (QED) is 0.633. The van der Waals surface area contributed by atoms with Crippen LogP contribution in [0.15, 0.2) is 28.3 Å². The molecule has 1 fully saturated rings. The zero-order valence-corrected chi connectivity index (χ0v) is 17.3. The maximum atomic E-state index is 12.4. The smallest absolute Gasteiger partial charge is 0.244 e. The van der Waals surface area contributed by atoms with E-state index in [2.05, 4.69) is 4.98 Å². The van der Waals surface area contributed by atoms with Crippen molar-refractivity contribution in [2.75, 3.05) is 31.9 Å². The zero-order chi connectivity index (χ0) is 20.0. The van der Waals surface area contributed by atoms with Crippen molar-refractivity contribution in [3.8, 4) is 0 Å². The molecule has 8 nitrogen and oxygen atoms in total. The van der Waals surface area contributed by atoms with E-state index in [-0.39, 0.29) is 28.4 Å². The van der Waals surface area contributed by atoms with Crippen LogP contribution in [0.5, 0.6) is 0 Å². The molecule has 10 heteroatoms. The maximum absolute atomic E-state index is 12.4. The first kappa shape index (κ1) is 21.6. The van der Waals surface area contributed by atoms with Gasteiger partial charge in [-0.2, -0.15) is 4.31 Å². The lowest BCUT2D eigenvalue weighted by molar-refractivity contribution is -0.132. The van der Waals surface area contributed by atoms with Gasteiger partial charge in [0.1, 0.15) is 4.90 Å². The van der Waals surface area contributed by atoms with Gasteiger partial charge in [0.25, 0.3) is 0 Å². The van der Waals surface area contributed by atoms with Crippen molar-refractivity contribution in [3.05, 3.63) is 18.3 Å². The third-order valence-corrected chi connectivity index (χ3v) is 7.53. The molecule has 0 spiro atoms. The summed E-state index contributed by atoms with van der Waals surface area (Å²) in [5.74, 6) is -0.546. The van der Waals surface area contributed by atoms with Gasteiger partial charge in [0, 0.05) is 32.4 Å². The molecule has 1 aromatic heterocycles. The lowest BCUT2D eigenvalue weighted by Crippen LogP contribution is -2.44. The SMILES string of the molecule is CCN(CC)S(=O)(=O)c1ccc(SCC(=O)N2CCCC(C(N)=O)C2)nc1. The molecule has 1 saturated heterocycles. The summed E-state index contributed by atoms with van der Waals surface area (Å²) in [5.41, 5.74) is 5.34. The molecule has 0 radical (unpaired) electrons. The number of sulfonamides is 1. The van der Waals surface area contributed by atoms with Gasteiger partial charge in [-0.1, -0.05) is 25.6 Å². The van der Waals surface area contributed by atoms with Gasteiger partial charge in [-0.15, -0.1) is 0 Å². The number of aromatic nitrogens is 1. The lowest BCUT2D eigenvalue weighted by Gasteiger charge is -2.31. The summed E-state index contributed by atoms with van der Waals surface area (Å²) >= 11 is 1.24. The van der Waals surface area contributed by atoms with E-state index in [1.54, 1.807) is 24.8 Å². The Balaban J connectivity index is 1.95. The topological polar surface area (TPSA) is 114 Å². The third kappa shape index (κ3) is 5.43. The van der Waals surface area contributed by atoms with Gasteiger partial charge in [0.05, 0.1) is 16.7 Å². The van der Waals surface area contributed by atoms with Gasteiger partial charge in [-0.3, -0.25) is 9.59 Å². The Morgan fingerprint density at radius 3 is 2.59 bits per heavy atom. The zero-order valence-electron chi connectivity index (χ0n) is 15.6. The van der Waals surface area contributed by atoms with E-state index in [4.69, 9.17) is 5.73 Å². The first-order chi connectivity index (χ1) is 12.8. The van der Waals surface area contributed by atoms with Gasteiger partial charge >= 0.3 is 0 Å². The first-order valence-corrected chi connectivity index (χ1v) is 11.4. The number of pyridine rings is 1. The minimum Gasteiger partial charge on any atom is -0.369 e. The van der Waals surface area contributed by atoms with Crippen LogP contribution in [0, 0.1) is 5.92 Å². The molecule has 1 atom stereocenters. The van der Waals surface area contributed by atoms with E-state index < -0.39 is 10.0 Å². The third-order valence-electron chi connectivity index (χ3n) is 4.57. The number of nitrogens with zero attached hydrogens (tertiary/aromatic N) is 3. The average Bonchev–Trinajstić information content (AvgIpc) is 2.67. The molecule has 2 heterocycles. The van der Waals surface area contributed by atoms with Crippen LogP contribution in [-0.4, -0.2) is 66.4 Å². The molecule has 27 heavy (non-hydrogen) atoms. The summed E-state index contributed by atoms with van der Waals surface area (Å²) in [4.78, 5) is 29.6. The van der Waals surface area contributed by atoms with Crippen molar-refractivity contribution in [2.24, 2.45) is 11.7 Å². The number of carbonyl (C=O) groups is 2. The molecule has 1 aliphatic rings. The molecule has 0 aliphatic carbocycles. The van der Waals surface area contributed by atoms with Crippen LogP contribution in [0.2, 0.25) is 0 Å². The van der Waals surface area contributed by atoms with Crippen LogP contribution in [0.3, 0.4) is 0 Å². The predicted octanol–water partition coefficient (Wildman–Crippen LogP) is 0.928. The van der Waals surface area contributed by atoms with Crippen LogP contribution in [0.4, 0.5) is 0 Å². The highest BCUT2D eigenvalue weighted by Crippen LogP contribution is 2.22. The van der Waals surface area contributed by atoms with E-state index in [0.29, 0.717) is 31.2 Å². The number of primary amides is 1. The Bertz CT molecular complexity index is 764. The molecular formula is C17H26N4O4S2. The molecule has 0 aromatic carbocycles. The van der Waals surface area contributed by atoms with E-state index in [1.807, 2.05) is 0 Å².